The van der Waals surface area contributed by atoms with Gasteiger partial charge >= 0.3 is 0 Å². The largest absolute Gasteiger partial charge is 0.396 e. The van der Waals surface area contributed by atoms with Crippen LogP contribution in [0.2, 0.25) is 0 Å². The maximum absolute atomic E-state index is 8.51. The molecule has 13 heavy (non-hydrogen) atoms. The summed E-state index contributed by atoms with van der Waals surface area (Å²) in [4.78, 5) is 0. The normalized spacial score (nSPS) is 10.6. The fraction of sp³-hybridized carbons (Fsp3) is 1.00. The van der Waals surface area contributed by atoms with Gasteiger partial charge in [0.1, 0.15) is 0 Å². The average molecular weight is 207 g/mol. The second-order valence-corrected chi connectivity index (χ2v) is 4.09. The van der Waals surface area contributed by atoms with Gasteiger partial charge < -0.3 is 15.5 Å². The van der Waals surface area contributed by atoms with Crippen LogP contribution in [0.1, 0.15) is 19.3 Å². The highest BCUT2D eigenvalue weighted by Crippen LogP contribution is 1.99. The molecule has 0 aromatic rings. The molecule has 0 aliphatic rings. The Morgan fingerprint density at radius 1 is 0.846 bits per heavy atom. The van der Waals surface area contributed by atoms with E-state index in [0.717, 1.165) is 43.9 Å². The fourth-order valence-corrected chi connectivity index (χ4v) is 1.73. The molecule has 3 N–H and O–H groups in total. The molecule has 0 aromatic carbocycles. The quantitative estimate of drug-likeness (QED) is 0.456. The highest BCUT2D eigenvalue weighted by molar-refractivity contribution is 7.99. The van der Waals surface area contributed by atoms with Crippen molar-refractivity contribution in [3.63, 3.8) is 0 Å². The third-order valence-corrected chi connectivity index (χ3v) is 2.70. The minimum atomic E-state index is 0.299. The Kier molecular flexibility index (Phi) is 12.4. The lowest BCUT2D eigenvalue weighted by Gasteiger charge is -2.03. The van der Waals surface area contributed by atoms with Gasteiger partial charge in [-0.25, -0.2) is 0 Å². The zero-order valence-corrected chi connectivity index (χ0v) is 8.98. The van der Waals surface area contributed by atoms with Gasteiger partial charge in [-0.05, 0) is 31.6 Å². The highest BCUT2D eigenvalue weighted by Gasteiger charge is 1.89. The molecule has 0 rings (SSSR count). The Balaban J connectivity index is 2.76. The summed E-state index contributed by atoms with van der Waals surface area (Å²) in [6, 6.07) is 0. The summed E-state index contributed by atoms with van der Waals surface area (Å²) in [6.07, 6.45) is 2.84. The van der Waals surface area contributed by atoms with Crippen molar-refractivity contribution in [2.24, 2.45) is 0 Å². The highest BCUT2D eigenvalue weighted by atomic mass is 32.2. The summed E-state index contributed by atoms with van der Waals surface area (Å²) in [7, 11) is 0. The molecule has 0 atom stereocenters. The minimum Gasteiger partial charge on any atom is -0.396 e. The number of thioether (sulfide) groups is 1. The van der Waals surface area contributed by atoms with E-state index < -0.39 is 0 Å². The summed E-state index contributed by atoms with van der Waals surface area (Å²) in [5, 5.41) is 20.3. The summed E-state index contributed by atoms with van der Waals surface area (Å²) in [5.74, 6) is 2.16. The smallest absolute Gasteiger partial charge is 0.0438 e. The molecule has 0 saturated carbocycles. The minimum absolute atomic E-state index is 0.299. The number of hydrogen-bond donors (Lipinski definition) is 3. The summed E-state index contributed by atoms with van der Waals surface area (Å²) in [5.41, 5.74) is 0. The van der Waals surface area contributed by atoms with E-state index in [0.29, 0.717) is 13.2 Å². The van der Waals surface area contributed by atoms with Crippen LogP contribution in [0.25, 0.3) is 0 Å². The molecule has 0 fully saturated rings. The number of hydrogen-bond acceptors (Lipinski definition) is 4. The van der Waals surface area contributed by atoms with Gasteiger partial charge in [0, 0.05) is 25.5 Å². The first-order valence-electron chi connectivity index (χ1n) is 4.92. The van der Waals surface area contributed by atoms with Crippen LogP contribution in [0.4, 0.5) is 0 Å². The number of unbranched alkanes of at least 4 members (excludes halogenated alkanes) is 1. The van der Waals surface area contributed by atoms with Crippen LogP contribution in [-0.2, 0) is 0 Å². The molecule has 0 aliphatic heterocycles. The standard InChI is InChI=1S/C9H21NO2S/c11-6-2-1-4-10-5-9-13-8-3-7-12/h10-12H,1-9H2. The number of rotatable bonds is 10. The van der Waals surface area contributed by atoms with E-state index in [4.69, 9.17) is 10.2 Å². The van der Waals surface area contributed by atoms with Crippen molar-refractivity contribution >= 4 is 11.8 Å². The molecule has 80 valence electrons. The zero-order valence-electron chi connectivity index (χ0n) is 8.17. The molecule has 4 heteroatoms. The van der Waals surface area contributed by atoms with Gasteiger partial charge in [-0.15, -0.1) is 0 Å². The van der Waals surface area contributed by atoms with Crippen molar-refractivity contribution in [3.05, 3.63) is 0 Å². The van der Waals surface area contributed by atoms with Crippen LogP contribution >= 0.6 is 11.8 Å². The molecule has 0 unspecified atom stereocenters. The van der Waals surface area contributed by atoms with E-state index in [1.54, 1.807) is 0 Å². The Hall–Kier alpha value is 0.230. The Morgan fingerprint density at radius 3 is 2.31 bits per heavy atom. The van der Waals surface area contributed by atoms with E-state index in [1.165, 1.54) is 0 Å². The lowest BCUT2D eigenvalue weighted by molar-refractivity contribution is 0.284. The lowest BCUT2D eigenvalue weighted by Crippen LogP contribution is -2.18. The summed E-state index contributed by atoms with van der Waals surface area (Å²) in [6.45, 7) is 2.63. The van der Waals surface area contributed by atoms with Gasteiger partial charge in [0.15, 0.2) is 0 Å². The SMILES string of the molecule is OCCCCNCCSCCCO. The summed E-state index contributed by atoms with van der Waals surface area (Å²) >= 11 is 1.87. The lowest BCUT2D eigenvalue weighted by atomic mass is 10.3. The van der Waals surface area contributed by atoms with Crippen molar-refractivity contribution < 1.29 is 10.2 Å². The van der Waals surface area contributed by atoms with Crippen molar-refractivity contribution in [2.45, 2.75) is 19.3 Å². The predicted molar refractivity (Wildman–Crippen MR) is 58.2 cm³/mol. The maximum Gasteiger partial charge on any atom is 0.0438 e. The van der Waals surface area contributed by atoms with Gasteiger partial charge in [-0.2, -0.15) is 11.8 Å². The average Bonchev–Trinajstić information content (AvgIpc) is 2.16. The molecule has 0 aliphatic carbocycles. The first-order chi connectivity index (χ1) is 6.41. The predicted octanol–water partition coefficient (Wildman–Crippen LogP) is 0.464. The van der Waals surface area contributed by atoms with Gasteiger partial charge in [0.05, 0.1) is 0 Å². The van der Waals surface area contributed by atoms with Crippen molar-refractivity contribution in [1.29, 1.82) is 0 Å². The van der Waals surface area contributed by atoms with Crippen LogP contribution in [-0.4, -0.2) is 48.0 Å². The number of aliphatic hydroxyl groups excluding tert-OH is 2. The first kappa shape index (κ1) is 13.2. The molecule has 0 amide bonds. The molecule has 0 radical (unpaired) electrons. The van der Waals surface area contributed by atoms with Gasteiger partial charge in [0.25, 0.3) is 0 Å². The van der Waals surface area contributed by atoms with E-state index in [9.17, 15) is 0 Å². The van der Waals surface area contributed by atoms with Crippen LogP contribution < -0.4 is 5.32 Å². The molecular weight excluding hydrogens is 186 g/mol. The molecule has 0 spiro atoms. The number of aliphatic hydroxyl groups is 2. The van der Waals surface area contributed by atoms with Crippen LogP contribution in [0.3, 0.4) is 0 Å². The first-order valence-corrected chi connectivity index (χ1v) is 6.07. The van der Waals surface area contributed by atoms with Gasteiger partial charge in [0.2, 0.25) is 0 Å². The second kappa shape index (κ2) is 12.2. The maximum atomic E-state index is 8.51. The van der Waals surface area contributed by atoms with Crippen molar-refractivity contribution in [1.82, 2.24) is 5.32 Å². The molecule has 3 nitrogen and oxygen atoms in total. The number of nitrogens with one attached hydrogen (secondary N) is 1. The topological polar surface area (TPSA) is 52.5 Å². The Bertz CT molecular complexity index is 83.7. The fourth-order valence-electron chi connectivity index (χ4n) is 0.900. The Morgan fingerprint density at radius 2 is 1.62 bits per heavy atom. The van der Waals surface area contributed by atoms with Gasteiger partial charge in [-0.3, -0.25) is 0 Å². The third-order valence-electron chi connectivity index (χ3n) is 1.63. The van der Waals surface area contributed by atoms with Gasteiger partial charge in [-0.1, -0.05) is 0 Å². The van der Waals surface area contributed by atoms with Crippen molar-refractivity contribution in [3.8, 4) is 0 Å². The van der Waals surface area contributed by atoms with Crippen molar-refractivity contribution in [2.75, 3.05) is 37.8 Å². The van der Waals surface area contributed by atoms with Crippen LogP contribution in [0.5, 0.6) is 0 Å². The Labute approximate surface area is 84.9 Å². The molecule has 0 saturated heterocycles. The third kappa shape index (κ3) is 12.2. The molecule has 0 aromatic heterocycles. The summed E-state index contributed by atoms with van der Waals surface area (Å²) < 4.78 is 0. The van der Waals surface area contributed by atoms with E-state index in [2.05, 4.69) is 5.32 Å². The zero-order chi connectivity index (χ0) is 9.78. The van der Waals surface area contributed by atoms with Crippen LogP contribution in [0.15, 0.2) is 0 Å². The second-order valence-electron chi connectivity index (χ2n) is 2.87. The van der Waals surface area contributed by atoms with E-state index in [-0.39, 0.29) is 0 Å². The van der Waals surface area contributed by atoms with Crippen LogP contribution in [0, 0.1) is 0 Å². The van der Waals surface area contributed by atoms with E-state index in [1.807, 2.05) is 11.8 Å². The monoisotopic (exact) mass is 207 g/mol. The molecule has 0 bridgehead atoms. The molecular formula is C9H21NO2S. The van der Waals surface area contributed by atoms with E-state index >= 15 is 0 Å². The molecule has 0 heterocycles.